The summed E-state index contributed by atoms with van der Waals surface area (Å²) in [7, 11) is 0. The van der Waals surface area contributed by atoms with Gasteiger partial charge in [-0.15, -0.1) is 0 Å². The van der Waals surface area contributed by atoms with Crippen molar-refractivity contribution in [2.24, 2.45) is 11.1 Å². The summed E-state index contributed by atoms with van der Waals surface area (Å²) in [5, 5.41) is 13.0. The van der Waals surface area contributed by atoms with Crippen molar-refractivity contribution < 1.29 is 14.6 Å². The van der Waals surface area contributed by atoms with Gasteiger partial charge in [-0.25, -0.2) is 0 Å². The van der Waals surface area contributed by atoms with Gasteiger partial charge in [-0.3, -0.25) is 4.79 Å². The van der Waals surface area contributed by atoms with Gasteiger partial charge in [-0.1, -0.05) is 25.0 Å². The third-order valence-corrected chi connectivity index (χ3v) is 4.13. The molecule has 0 aromatic heterocycles. The van der Waals surface area contributed by atoms with Gasteiger partial charge in [0.15, 0.2) is 6.61 Å². The Labute approximate surface area is 125 Å². The molecular weight excluding hydrogens is 268 g/mol. The monoisotopic (exact) mass is 292 g/mol. The van der Waals surface area contributed by atoms with Gasteiger partial charge in [0.05, 0.1) is 0 Å². The number of ether oxygens (including phenoxy) is 1. The lowest BCUT2D eigenvalue weighted by Crippen LogP contribution is -2.34. The van der Waals surface area contributed by atoms with E-state index in [2.05, 4.69) is 5.32 Å². The molecule has 0 aliphatic heterocycles. The van der Waals surface area contributed by atoms with Gasteiger partial charge in [0.25, 0.3) is 5.91 Å². The predicted molar refractivity (Wildman–Crippen MR) is 80.8 cm³/mol. The van der Waals surface area contributed by atoms with Crippen LogP contribution in [-0.4, -0.2) is 30.8 Å². The Balaban J connectivity index is 1.77. The summed E-state index contributed by atoms with van der Waals surface area (Å²) in [6, 6.07) is 7.59. The first-order valence-corrected chi connectivity index (χ1v) is 7.45. The second-order valence-corrected chi connectivity index (χ2v) is 5.87. The number of aliphatic hydroxyl groups excluding tert-OH is 1. The smallest absolute Gasteiger partial charge is 0.255 e. The molecule has 21 heavy (non-hydrogen) atoms. The summed E-state index contributed by atoms with van der Waals surface area (Å²) in [5.41, 5.74) is 6.25. The van der Waals surface area contributed by atoms with Crippen molar-refractivity contribution in [2.45, 2.75) is 32.2 Å². The minimum absolute atomic E-state index is 0.0739. The van der Waals surface area contributed by atoms with Crippen LogP contribution in [0.4, 0.5) is 0 Å². The van der Waals surface area contributed by atoms with Crippen LogP contribution in [0.3, 0.4) is 0 Å². The number of rotatable bonds is 8. The Morgan fingerprint density at radius 1 is 1.29 bits per heavy atom. The van der Waals surface area contributed by atoms with Crippen LogP contribution < -0.4 is 15.8 Å². The molecule has 1 amide bonds. The maximum absolute atomic E-state index is 10.6. The standard InChI is InChI=1S/C16H24N2O3/c17-15(20)10-21-14-5-3-13(4-6-14)9-18-11-16(12-19)7-1-2-8-16/h3-6,18-19H,1-2,7-12H2,(H2,17,20). The van der Waals surface area contributed by atoms with Crippen LogP contribution in [0.5, 0.6) is 5.75 Å². The van der Waals surface area contributed by atoms with Crippen molar-refractivity contribution >= 4 is 5.91 Å². The Bertz CT molecular complexity index is 453. The maximum Gasteiger partial charge on any atom is 0.255 e. The van der Waals surface area contributed by atoms with Gasteiger partial charge in [0, 0.05) is 25.1 Å². The highest BCUT2D eigenvalue weighted by atomic mass is 16.5. The lowest BCUT2D eigenvalue weighted by atomic mass is 9.87. The fourth-order valence-electron chi connectivity index (χ4n) is 2.85. The van der Waals surface area contributed by atoms with Crippen molar-refractivity contribution in [2.75, 3.05) is 19.8 Å². The van der Waals surface area contributed by atoms with E-state index in [1.165, 1.54) is 12.8 Å². The molecule has 0 atom stereocenters. The summed E-state index contributed by atoms with van der Waals surface area (Å²) >= 11 is 0. The molecule has 5 heteroatoms. The number of benzene rings is 1. The van der Waals surface area contributed by atoms with E-state index in [0.717, 1.165) is 31.5 Å². The Morgan fingerprint density at radius 3 is 2.52 bits per heavy atom. The molecule has 1 saturated carbocycles. The van der Waals surface area contributed by atoms with Crippen molar-refractivity contribution in [1.29, 1.82) is 0 Å². The molecule has 5 nitrogen and oxygen atoms in total. The average Bonchev–Trinajstić information content (AvgIpc) is 2.96. The molecule has 2 rings (SSSR count). The highest BCUT2D eigenvalue weighted by molar-refractivity contribution is 5.75. The second-order valence-electron chi connectivity index (χ2n) is 5.87. The largest absolute Gasteiger partial charge is 0.484 e. The summed E-state index contributed by atoms with van der Waals surface area (Å²) in [4.78, 5) is 10.6. The van der Waals surface area contributed by atoms with Gasteiger partial charge in [-0.05, 0) is 30.5 Å². The highest BCUT2D eigenvalue weighted by Gasteiger charge is 2.32. The Morgan fingerprint density at radius 2 is 1.95 bits per heavy atom. The highest BCUT2D eigenvalue weighted by Crippen LogP contribution is 2.36. The van der Waals surface area contributed by atoms with Crippen LogP contribution in [0.2, 0.25) is 0 Å². The molecule has 4 N–H and O–H groups in total. The first-order valence-electron chi connectivity index (χ1n) is 7.45. The molecule has 1 aromatic rings. The molecule has 0 unspecified atom stereocenters. The number of nitrogens with two attached hydrogens (primary N) is 1. The second kappa shape index (κ2) is 7.43. The fraction of sp³-hybridized carbons (Fsp3) is 0.562. The van der Waals surface area contributed by atoms with E-state index in [1.54, 1.807) is 0 Å². The Kier molecular flexibility index (Phi) is 5.59. The van der Waals surface area contributed by atoms with E-state index in [0.29, 0.717) is 5.75 Å². The molecular formula is C16H24N2O3. The van der Waals surface area contributed by atoms with Crippen molar-refractivity contribution in [3.05, 3.63) is 29.8 Å². The van der Waals surface area contributed by atoms with E-state index in [9.17, 15) is 9.90 Å². The van der Waals surface area contributed by atoms with E-state index < -0.39 is 5.91 Å². The van der Waals surface area contributed by atoms with Crippen molar-refractivity contribution in [3.8, 4) is 5.75 Å². The fourth-order valence-corrected chi connectivity index (χ4v) is 2.85. The van der Waals surface area contributed by atoms with Gasteiger partial charge < -0.3 is 20.9 Å². The van der Waals surface area contributed by atoms with Crippen LogP contribution in [0.15, 0.2) is 24.3 Å². The quantitative estimate of drug-likeness (QED) is 0.672. The van der Waals surface area contributed by atoms with E-state index in [-0.39, 0.29) is 18.6 Å². The number of primary amides is 1. The zero-order chi connectivity index (χ0) is 15.1. The van der Waals surface area contributed by atoms with Gasteiger partial charge in [0.1, 0.15) is 5.75 Å². The van der Waals surface area contributed by atoms with Crippen molar-refractivity contribution in [1.82, 2.24) is 5.32 Å². The van der Waals surface area contributed by atoms with Crippen LogP contribution in [0.1, 0.15) is 31.2 Å². The van der Waals surface area contributed by atoms with Gasteiger partial charge in [-0.2, -0.15) is 0 Å². The third kappa shape index (κ3) is 4.72. The van der Waals surface area contributed by atoms with Gasteiger partial charge in [0.2, 0.25) is 0 Å². The average molecular weight is 292 g/mol. The lowest BCUT2D eigenvalue weighted by Gasteiger charge is -2.26. The topological polar surface area (TPSA) is 84.6 Å². The van der Waals surface area contributed by atoms with E-state index in [1.807, 2.05) is 24.3 Å². The first kappa shape index (κ1) is 15.8. The normalized spacial score (nSPS) is 16.8. The van der Waals surface area contributed by atoms with Gasteiger partial charge >= 0.3 is 0 Å². The van der Waals surface area contributed by atoms with Crippen LogP contribution >= 0.6 is 0 Å². The van der Waals surface area contributed by atoms with E-state index in [4.69, 9.17) is 10.5 Å². The van der Waals surface area contributed by atoms with Crippen molar-refractivity contribution in [3.63, 3.8) is 0 Å². The number of aliphatic hydroxyl groups is 1. The SMILES string of the molecule is NC(=O)COc1ccc(CNCC2(CO)CCCC2)cc1. The molecule has 0 saturated heterocycles. The maximum atomic E-state index is 10.6. The number of carbonyl (C=O) groups excluding carboxylic acids is 1. The zero-order valence-corrected chi connectivity index (χ0v) is 12.3. The molecule has 0 radical (unpaired) electrons. The molecule has 0 heterocycles. The summed E-state index contributed by atoms with van der Waals surface area (Å²) in [5.74, 6) is 0.159. The summed E-state index contributed by atoms with van der Waals surface area (Å²) in [6.45, 7) is 1.78. The van der Waals surface area contributed by atoms with Crippen LogP contribution in [0, 0.1) is 5.41 Å². The Hall–Kier alpha value is -1.59. The minimum atomic E-state index is -0.480. The third-order valence-electron chi connectivity index (χ3n) is 4.13. The zero-order valence-electron chi connectivity index (χ0n) is 12.3. The molecule has 1 fully saturated rings. The molecule has 116 valence electrons. The molecule has 1 aromatic carbocycles. The number of hydrogen-bond acceptors (Lipinski definition) is 4. The minimum Gasteiger partial charge on any atom is -0.484 e. The number of amides is 1. The van der Waals surface area contributed by atoms with E-state index >= 15 is 0 Å². The summed E-state index contributed by atoms with van der Waals surface area (Å²) < 4.78 is 5.21. The lowest BCUT2D eigenvalue weighted by molar-refractivity contribution is -0.119. The molecule has 1 aliphatic carbocycles. The first-order chi connectivity index (χ1) is 10.1. The molecule has 0 bridgehead atoms. The summed E-state index contributed by atoms with van der Waals surface area (Å²) in [6.07, 6.45) is 4.65. The van der Waals surface area contributed by atoms with Crippen LogP contribution in [0.25, 0.3) is 0 Å². The molecule has 0 spiro atoms. The van der Waals surface area contributed by atoms with Crippen LogP contribution in [-0.2, 0) is 11.3 Å². The number of carbonyl (C=O) groups is 1. The number of hydrogen-bond donors (Lipinski definition) is 3. The predicted octanol–water partition coefficient (Wildman–Crippen LogP) is 1.19. The molecule has 1 aliphatic rings. The number of nitrogens with one attached hydrogen (secondary N) is 1.